The molecule has 2 N–H and O–H groups in total. The molecule has 0 unspecified atom stereocenters. The molecule has 2 aromatic carbocycles. The number of rotatable bonds is 4. The minimum atomic E-state index is 0.538. The molecule has 0 radical (unpaired) electrons. The maximum atomic E-state index is 5.13. The van der Waals surface area contributed by atoms with Crippen molar-refractivity contribution in [2.45, 2.75) is 6.92 Å². The molecular formula is C16H16N4O. The van der Waals surface area contributed by atoms with E-state index in [4.69, 9.17) is 4.74 Å². The Morgan fingerprint density at radius 3 is 2.38 bits per heavy atom. The molecule has 0 aliphatic heterocycles. The zero-order valence-corrected chi connectivity index (χ0v) is 11.9. The molecular weight excluding hydrogens is 264 g/mol. The van der Waals surface area contributed by atoms with E-state index in [1.54, 1.807) is 7.11 Å². The summed E-state index contributed by atoms with van der Waals surface area (Å²) in [5.41, 5.74) is 3.14. The second-order valence-electron chi connectivity index (χ2n) is 4.73. The van der Waals surface area contributed by atoms with Gasteiger partial charge in [0, 0.05) is 11.3 Å². The first-order valence-electron chi connectivity index (χ1n) is 6.65. The maximum Gasteiger partial charge on any atom is 0.246 e. The molecule has 21 heavy (non-hydrogen) atoms. The lowest BCUT2D eigenvalue weighted by Gasteiger charge is -2.03. The van der Waals surface area contributed by atoms with Crippen LogP contribution in [0.4, 0.5) is 11.6 Å². The van der Waals surface area contributed by atoms with Gasteiger partial charge in [0.1, 0.15) is 5.75 Å². The highest BCUT2D eigenvalue weighted by molar-refractivity contribution is 5.59. The Labute approximate surface area is 123 Å². The Morgan fingerprint density at radius 1 is 1.00 bits per heavy atom. The number of hydrogen-bond acceptors (Lipinski definition) is 4. The highest BCUT2D eigenvalue weighted by Crippen LogP contribution is 2.20. The number of nitrogens with one attached hydrogen (secondary N) is 2. The van der Waals surface area contributed by atoms with E-state index in [2.05, 4.69) is 39.6 Å². The van der Waals surface area contributed by atoms with Gasteiger partial charge in [-0.05, 0) is 31.2 Å². The standard InChI is InChI=1S/C16H16N4O/c1-11-3-5-12(6-4-11)15-18-16(20-19-15)17-13-7-9-14(21-2)10-8-13/h3-10H,1-2H3,(H2,17,18,19,20). The van der Waals surface area contributed by atoms with Crippen LogP contribution < -0.4 is 10.1 Å². The quantitative estimate of drug-likeness (QED) is 0.767. The molecule has 3 aromatic rings. The third-order valence-corrected chi connectivity index (χ3v) is 3.16. The highest BCUT2D eigenvalue weighted by atomic mass is 16.5. The lowest BCUT2D eigenvalue weighted by molar-refractivity contribution is 0.415. The monoisotopic (exact) mass is 280 g/mol. The van der Waals surface area contributed by atoms with E-state index in [1.165, 1.54) is 5.56 Å². The van der Waals surface area contributed by atoms with Crippen molar-refractivity contribution in [1.29, 1.82) is 0 Å². The normalized spacial score (nSPS) is 10.4. The van der Waals surface area contributed by atoms with Gasteiger partial charge in [-0.15, -0.1) is 5.10 Å². The van der Waals surface area contributed by atoms with Crippen molar-refractivity contribution in [3.63, 3.8) is 0 Å². The molecule has 5 nitrogen and oxygen atoms in total. The molecule has 0 spiro atoms. The summed E-state index contributed by atoms with van der Waals surface area (Å²) in [6.45, 7) is 2.06. The van der Waals surface area contributed by atoms with Gasteiger partial charge >= 0.3 is 0 Å². The molecule has 0 aliphatic rings. The van der Waals surface area contributed by atoms with Crippen LogP contribution >= 0.6 is 0 Å². The number of methoxy groups -OCH3 is 1. The predicted octanol–water partition coefficient (Wildman–Crippen LogP) is 3.53. The lowest BCUT2D eigenvalue weighted by atomic mass is 10.1. The summed E-state index contributed by atoms with van der Waals surface area (Å²) in [6, 6.07) is 15.7. The third kappa shape index (κ3) is 3.02. The Bertz CT molecular complexity index is 717. The van der Waals surface area contributed by atoms with Crippen molar-refractivity contribution in [3.8, 4) is 17.1 Å². The SMILES string of the molecule is COc1ccc(Nc2n[nH]c(-c3ccc(C)cc3)n2)cc1. The van der Waals surface area contributed by atoms with E-state index in [0.717, 1.165) is 22.8 Å². The average molecular weight is 280 g/mol. The van der Waals surface area contributed by atoms with Crippen LogP contribution in [0.25, 0.3) is 11.4 Å². The van der Waals surface area contributed by atoms with Crippen molar-refractivity contribution in [2.24, 2.45) is 0 Å². The number of aryl methyl sites for hydroxylation is 1. The van der Waals surface area contributed by atoms with Crippen LogP contribution in [0.15, 0.2) is 48.5 Å². The molecule has 1 heterocycles. The summed E-state index contributed by atoms with van der Waals surface area (Å²) in [6.07, 6.45) is 0. The largest absolute Gasteiger partial charge is 0.497 e. The van der Waals surface area contributed by atoms with Gasteiger partial charge in [-0.2, -0.15) is 4.98 Å². The van der Waals surface area contributed by atoms with Crippen LogP contribution in [-0.2, 0) is 0 Å². The molecule has 0 aliphatic carbocycles. The first-order chi connectivity index (χ1) is 10.2. The van der Waals surface area contributed by atoms with Crippen molar-refractivity contribution >= 4 is 11.6 Å². The van der Waals surface area contributed by atoms with E-state index in [0.29, 0.717) is 5.95 Å². The second-order valence-corrected chi connectivity index (χ2v) is 4.73. The van der Waals surface area contributed by atoms with Gasteiger partial charge in [0.05, 0.1) is 7.11 Å². The number of benzene rings is 2. The number of nitrogens with zero attached hydrogens (tertiary/aromatic N) is 2. The Balaban J connectivity index is 1.76. The first kappa shape index (κ1) is 13.2. The highest BCUT2D eigenvalue weighted by Gasteiger charge is 2.05. The lowest BCUT2D eigenvalue weighted by Crippen LogP contribution is -1.92. The predicted molar refractivity (Wildman–Crippen MR) is 82.8 cm³/mol. The van der Waals surface area contributed by atoms with Gasteiger partial charge in [0.15, 0.2) is 5.82 Å². The Morgan fingerprint density at radius 2 is 1.71 bits per heavy atom. The van der Waals surface area contributed by atoms with Crippen molar-refractivity contribution in [1.82, 2.24) is 15.2 Å². The number of hydrogen-bond donors (Lipinski definition) is 2. The number of aromatic nitrogens is 3. The molecule has 0 saturated heterocycles. The molecule has 106 valence electrons. The van der Waals surface area contributed by atoms with Crippen molar-refractivity contribution in [2.75, 3.05) is 12.4 Å². The van der Waals surface area contributed by atoms with Crippen LogP contribution in [-0.4, -0.2) is 22.3 Å². The Kier molecular flexibility index (Phi) is 3.55. The number of anilines is 2. The summed E-state index contributed by atoms with van der Waals surface area (Å²) in [5, 5.41) is 10.3. The molecule has 0 bridgehead atoms. The first-order valence-corrected chi connectivity index (χ1v) is 6.65. The van der Waals surface area contributed by atoms with Crippen molar-refractivity contribution < 1.29 is 4.74 Å². The van der Waals surface area contributed by atoms with Gasteiger partial charge in [-0.3, -0.25) is 5.10 Å². The number of ether oxygens (including phenoxy) is 1. The molecule has 0 saturated carbocycles. The summed E-state index contributed by atoms with van der Waals surface area (Å²) in [4.78, 5) is 4.44. The average Bonchev–Trinajstić information content (AvgIpc) is 2.97. The van der Waals surface area contributed by atoms with Gasteiger partial charge in [0.2, 0.25) is 5.95 Å². The second kappa shape index (κ2) is 5.66. The summed E-state index contributed by atoms with van der Waals surface area (Å²) in [7, 11) is 1.64. The molecule has 3 rings (SSSR count). The maximum absolute atomic E-state index is 5.13. The van der Waals surface area contributed by atoms with Gasteiger partial charge in [-0.1, -0.05) is 29.8 Å². The molecule has 0 fully saturated rings. The van der Waals surface area contributed by atoms with Crippen molar-refractivity contribution in [3.05, 3.63) is 54.1 Å². The molecule has 0 atom stereocenters. The van der Waals surface area contributed by atoms with Crippen LogP contribution in [0, 0.1) is 6.92 Å². The minimum Gasteiger partial charge on any atom is -0.497 e. The number of aromatic amines is 1. The van der Waals surface area contributed by atoms with Gasteiger partial charge in [0.25, 0.3) is 0 Å². The number of H-pyrrole nitrogens is 1. The smallest absolute Gasteiger partial charge is 0.246 e. The van der Waals surface area contributed by atoms with E-state index >= 15 is 0 Å². The van der Waals surface area contributed by atoms with E-state index in [1.807, 2.05) is 36.4 Å². The van der Waals surface area contributed by atoms with Crippen LogP contribution in [0.5, 0.6) is 5.75 Å². The van der Waals surface area contributed by atoms with E-state index in [-0.39, 0.29) is 0 Å². The molecule has 0 amide bonds. The summed E-state index contributed by atoms with van der Waals surface area (Å²) in [5.74, 6) is 2.10. The third-order valence-electron chi connectivity index (χ3n) is 3.16. The fourth-order valence-electron chi connectivity index (χ4n) is 1.96. The van der Waals surface area contributed by atoms with Crippen LogP contribution in [0.1, 0.15) is 5.56 Å². The zero-order chi connectivity index (χ0) is 14.7. The van der Waals surface area contributed by atoms with Gasteiger partial charge in [-0.25, -0.2) is 0 Å². The Hall–Kier alpha value is -2.82. The van der Waals surface area contributed by atoms with E-state index < -0.39 is 0 Å². The molecule has 5 heteroatoms. The minimum absolute atomic E-state index is 0.538. The topological polar surface area (TPSA) is 62.8 Å². The van der Waals surface area contributed by atoms with Crippen LogP contribution in [0.2, 0.25) is 0 Å². The van der Waals surface area contributed by atoms with Gasteiger partial charge < -0.3 is 10.1 Å². The zero-order valence-electron chi connectivity index (χ0n) is 11.9. The fraction of sp³-hybridized carbons (Fsp3) is 0.125. The van der Waals surface area contributed by atoms with E-state index in [9.17, 15) is 0 Å². The summed E-state index contributed by atoms with van der Waals surface area (Å²) >= 11 is 0. The molecule has 1 aromatic heterocycles. The fourth-order valence-corrected chi connectivity index (χ4v) is 1.96. The summed E-state index contributed by atoms with van der Waals surface area (Å²) < 4.78 is 5.13. The van der Waals surface area contributed by atoms with Crippen LogP contribution in [0.3, 0.4) is 0 Å².